The van der Waals surface area contributed by atoms with Crippen molar-refractivity contribution in [2.75, 3.05) is 0 Å². The van der Waals surface area contributed by atoms with E-state index in [1.807, 2.05) is 12.1 Å². The molecule has 1 aliphatic rings. The Balaban J connectivity index is 1.27. The molecule has 0 unspecified atom stereocenters. The molecular weight excluding hydrogens is 343 g/mol. The summed E-state index contributed by atoms with van der Waals surface area (Å²) >= 11 is 0. The van der Waals surface area contributed by atoms with Gasteiger partial charge in [-0.05, 0) is 49.8 Å². The average molecular weight is 366 g/mol. The number of hydrogen-bond donors (Lipinski definition) is 2. The molecule has 1 aliphatic carbocycles. The molecule has 1 fully saturated rings. The first-order valence-electron chi connectivity index (χ1n) is 9.50. The average Bonchev–Trinajstić information content (AvgIpc) is 3.10. The number of imidazole rings is 1. The summed E-state index contributed by atoms with van der Waals surface area (Å²) in [6.45, 7) is 0.247. The SMILES string of the molecule is O=C(NCc1ccccc1F)[C@H]1CC[C@@H](Cc2nc3ncccc3[nH]2)CC1. The summed E-state index contributed by atoms with van der Waals surface area (Å²) in [7, 11) is 0. The van der Waals surface area contributed by atoms with E-state index < -0.39 is 0 Å². The lowest BCUT2D eigenvalue weighted by Gasteiger charge is -2.27. The van der Waals surface area contributed by atoms with Crippen LogP contribution in [0.2, 0.25) is 0 Å². The minimum Gasteiger partial charge on any atom is -0.352 e. The number of halogens is 1. The van der Waals surface area contributed by atoms with Gasteiger partial charge in [-0.25, -0.2) is 14.4 Å². The van der Waals surface area contributed by atoms with Crippen molar-refractivity contribution >= 4 is 17.1 Å². The summed E-state index contributed by atoms with van der Waals surface area (Å²) in [6.07, 6.45) is 6.38. The van der Waals surface area contributed by atoms with Crippen LogP contribution in [0.15, 0.2) is 42.6 Å². The number of carbonyl (C=O) groups is 1. The summed E-state index contributed by atoms with van der Waals surface area (Å²) in [5.41, 5.74) is 2.25. The molecule has 6 heteroatoms. The third-order valence-corrected chi connectivity index (χ3v) is 5.42. The molecule has 27 heavy (non-hydrogen) atoms. The Kier molecular flexibility index (Phi) is 5.14. The molecule has 2 aromatic heterocycles. The molecule has 140 valence electrons. The Morgan fingerprint density at radius 1 is 1.15 bits per heavy atom. The first-order chi connectivity index (χ1) is 13.2. The number of fused-ring (bicyclic) bond motifs is 1. The van der Waals surface area contributed by atoms with Crippen molar-refractivity contribution in [1.29, 1.82) is 0 Å². The first kappa shape index (κ1) is 17.6. The molecule has 0 spiro atoms. The standard InChI is InChI=1S/C21H23FN4O/c22-17-5-2-1-4-16(17)13-24-21(27)15-9-7-14(8-10-15)12-19-25-18-6-3-11-23-20(18)26-19/h1-6,11,14-15H,7-10,12-13H2,(H,24,27)(H,23,25,26)/t14-,15+. The third-order valence-electron chi connectivity index (χ3n) is 5.42. The number of rotatable bonds is 5. The first-order valence-corrected chi connectivity index (χ1v) is 9.50. The minimum absolute atomic E-state index is 0.0189. The topological polar surface area (TPSA) is 70.7 Å². The van der Waals surface area contributed by atoms with Crippen molar-refractivity contribution in [3.63, 3.8) is 0 Å². The van der Waals surface area contributed by atoms with Crippen LogP contribution in [0.25, 0.3) is 11.2 Å². The number of pyridine rings is 1. The second-order valence-electron chi connectivity index (χ2n) is 7.29. The Morgan fingerprint density at radius 2 is 1.96 bits per heavy atom. The van der Waals surface area contributed by atoms with Crippen molar-refractivity contribution in [3.8, 4) is 0 Å². The van der Waals surface area contributed by atoms with E-state index in [1.165, 1.54) is 6.07 Å². The summed E-state index contributed by atoms with van der Waals surface area (Å²) in [5.74, 6) is 1.27. The van der Waals surface area contributed by atoms with Crippen LogP contribution in [-0.2, 0) is 17.8 Å². The van der Waals surface area contributed by atoms with Crippen LogP contribution in [0.4, 0.5) is 4.39 Å². The molecule has 2 N–H and O–H groups in total. The Labute approximate surface area is 157 Å². The molecule has 0 atom stereocenters. The molecule has 1 amide bonds. The summed E-state index contributed by atoms with van der Waals surface area (Å²) in [5, 5.41) is 2.89. The van der Waals surface area contributed by atoms with Crippen LogP contribution in [-0.4, -0.2) is 20.9 Å². The van der Waals surface area contributed by atoms with Gasteiger partial charge in [-0.1, -0.05) is 18.2 Å². The second-order valence-corrected chi connectivity index (χ2v) is 7.29. The fraction of sp³-hybridized carbons (Fsp3) is 0.381. The van der Waals surface area contributed by atoms with E-state index in [-0.39, 0.29) is 24.2 Å². The van der Waals surface area contributed by atoms with Crippen molar-refractivity contribution in [2.24, 2.45) is 11.8 Å². The predicted molar refractivity (Wildman–Crippen MR) is 101 cm³/mol. The van der Waals surface area contributed by atoms with Gasteiger partial charge in [-0.2, -0.15) is 0 Å². The Hall–Kier alpha value is -2.76. The maximum Gasteiger partial charge on any atom is 0.223 e. The Bertz CT molecular complexity index is 898. The number of nitrogens with one attached hydrogen (secondary N) is 2. The number of H-pyrrole nitrogens is 1. The largest absolute Gasteiger partial charge is 0.352 e. The van der Waals surface area contributed by atoms with Crippen LogP contribution in [0.1, 0.15) is 37.1 Å². The van der Waals surface area contributed by atoms with Crippen LogP contribution in [0.5, 0.6) is 0 Å². The van der Waals surface area contributed by atoms with Crippen LogP contribution in [0.3, 0.4) is 0 Å². The maximum absolute atomic E-state index is 13.7. The van der Waals surface area contributed by atoms with E-state index in [4.69, 9.17) is 0 Å². The van der Waals surface area contributed by atoms with Crippen LogP contribution in [0, 0.1) is 17.7 Å². The van der Waals surface area contributed by atoms with Gasteiger partial charge in [0.05, 0.1) is 5.52 Å². The van der Waals surface area contributed by atoms with Crippen LogP contribution >= 0.6 is 0 Å². The lowest BCUT2D eigenvalue weighted by Crippen LogP contribution is -2.33. The van der Waals surface area contributed by atoms with Gasteiger partial charge in [0.2, 0.25) is 5.91 Å². The summed E-state index contributed by atoms with van der Waals surface area (Å²) < 4.78 is 13.7. The fourth-order valence-corrected chi connectivity index (χ4v) is 3.86. The minimum atomic E-state index is -0.276. The van der Waals surface area contributed by atoms with Gasteiger partial charge in [0, 0.05) is 30.6 Å². The number of aromatic nitrogens is 3. The lowest BCUT2D eigenvalue weighted by atomic mass is 9.80. The molecular formula is C21H23FN4O. The maximum atomic E-state index is 13.7. The molecule has 5 nitrogen and oxygen atoms in total. The highest BCUT2D eigenvalue weighted by Crippen LogP contribution is 2.31. The Morgan fingerprint density at radius 3 is 2.74 bits per heavy atom. The predicted octanol–water partition coefficient (Wildman–Crippen LogP) is 3.76. The number of amides is 1. The van der Waals surface area contributed by atoms with E-state index in [0.717, 1.165) is 49.1 Å². The number of aromatic amines is 1. The smallest absolute Gasteiger partial charge is 0.223 e. The molecule has 1 aromatic carbocycles. The monoisotopic (exact) mass is 366 g/mol. The molecule has 3 aromatic rings. The van der Waals surface area contributed by atoms with E-state index in [1.54, 1.807) is 24.4 Å². The van der Waals surface area contributed by atoms with Gasteiger partial charge in [-0.3, -0.25) is 4.79 Å². The zero-order valence-corrected chi connectivity index (χ0v) is 15.1. The fourth-order valence-electron chi connectivity index (χ4n) is 3.86. The van der Waals surface area contributed by atoms with Crippen molar-refractivity contribution in [3.05, 3.63) is 59.8 Å². The van der Waals surface area contributed by atoms with Crippen LogP contribution < -0.4 is 5.32 Å². The normalized spacial score (nSPS) is 19.9. The molecule has 0 saturated heterocycles. The number of nitrogens with zero attached hydrogens (tertiary/aromatic N) is 2. The second kappa shape index (κ2) is 7.86. The van der Waals surface area contributed by atoms with Crippen molar-refractivity contribution in [2.45, 2.75) is 38.6 Å². The van der Waals surface area contributed by atoms with Gasteiger partial charge in [0.15, 0.2) is 5.65 Å². The van der Waals surface area contributed by atoms with Gasteiger partial charge < -0.3 is 10.3 Å². The summed E-state index contributed by atoms with van der Waals surface area (Å²) in [4.78, 5) is 24.5. The van der Waals surface area contributed by atoms with E-state index in [0.29, 0.717) is 11.5 Å². The van der Waals surface area contributed by atoms with Gasteiger partial charge >= 0.3 is 0 Å². The van der Waals surface area contributed by atoms with Crippen molar-refractivity contribution < 1.29 is 9.18 Å². The van der Waals surface area contributed by atoms with E-state index in [2.05, 4.69) is 20.3 Å². The molecule has 0 aliphatic heterocycles. The zero-order chi connectivity index (χ0) is 18.6. The zero-order valence-electron chi connectivity index (χ0n) is 15.1. The highest BCUT2D eigenvalue weighted by atomic mass is 19.1. The van der Waals surface area contributed by atoms with Crippen molar-refractivity contribution in [1.82, 2.24) is 20.3 Å². The molecule has 0 radical (unpaired) electrons. The molecule has 1 saturated carbocycles. The highest BCUT2D eigenvalue weighted by Gasteiger charge is 2.27. The molecule has 2 heterocycles. The van der Waals surface area contributed by atoms with E-state index in [9.17, 15) is 9.18 Å². The third kappa shape index (κ3) is 4.15. The van der Waals surface area contributed by atoms with Gasteiger partial charge in [0.25, 0.3) is 0 Å². The molecule has 0 bridgehead atoms. The number of hydrogen-bond acceptors (Lipinski definition) is 3. The summed E-state index contributed by atoms with van der Waals surface area (Å²) in [6, 6.07) is 10.4. The molecule has 4 rings (SSSR count). The highest BCUT2D eigenvalue weighted by molar-refractivity contribution is 5.78. The lowest BCUT2D eigenvalue weighted by molar-refractivity contribution is -0.126. The van der Waals surface area contributed by atoms with Gasteiger partial charge in [-0.15, -0.1) is 0 Å². The van der Waals surface area contributed by atoms with Gasteiger partial charge in [0.1, 0.15) is 11.6 Å². The quantitative estimate of drug-likeness (QED) is 0.722. The number of benzene rings is 1. The number of carbonyl (C=O) groups excluding carboxylic acids is 1. The van der Waals surface area contributed by atoms with E-state index >= 15 is 0 Å².